The number of hydrogen-bond acceptors (Lipinski definition) is 9. The number of nitrogens with zero attached hydrogens (tertiary/aromatic N) is 3. The van der Waals surface area contributed by atoms with Gasteiger partial charge < -0.3 is 18.9 Å². The standard InChI is InChI=1S/C25H25ClN4O5S/c1-4-22-29-30-25(36-22)28-24(31)17(15-27)12-16-13-18(26)23(21(14-16)33-5-2)35-11-10-34-20-9-7-6-8-19(20)32-3/h6-9,12-14H,4-5,10-11H2,1-3H3,(H,28,30,31)/b17-12-. The van der Waals surface area contributed by atoms with Gasteiger partial charge >= 0.3 is 0 Å². The van der Waals surface area contributed by atoms with Crippen molar-refractivity contribution in [3.8, 4) is 29.1 Å². The van der Waals surface area contributed by atoms with Gasteiger partial charge in [0.05, 0.1) is 18.7 Å². The normalized spacial score (nSPS) is 10.9. The number of methoxy groups -OCH3 is 1. The van der Waals surface area contributed by atoms with Crippen molar-refractivity contribution in [1.29, 1.82) is 5.26 Å². The first-order chi connectivity index (χ1) is 17.5. The van der Waals surface area contributed by atoms with Crippen LogP contribution < -0.4 is 24.3 Å². The lowest BCUT2D eigenvalue weighted by Gasteiger charge is -2.15. The van der Waals surface area contributed by atoms with E-state index in [0.717, 1.165) is 5.01 Å². The third kappa shape index (κ3) is 7.10. The van der Waals surface area contributed by atoms with Crippen molar-refractivity contribution in [2.75, 3.05) is 32.2 Å². The van der Waals surface area contributed by atoms with Crippen molar-refractivity contribution in [2.24, 2.45) is 0 Å². The molecule has 36 heavy (non-hydrogen) atoms. The van der Waals surface area contributed by atoms with Gasteiger partial charge in [-0.15, -0.1) is 10.2 Å². The summed E-state index contributed by atoms with van der Waals surface area (Å²) in [5, 5.41) is 21.4. The molecule has 1 N–H and O–H groups in total. The molecule has 1 heterocycles. The van der Waals surface area contributed by atoms with Crippen LogP contribution in [0.1, 0.15) is 24.4 Å². The number of nitriles is 1. The summed E-state index contributed by atoms with van der Waals surface area (Å²) < 4.78 is 22.5. The van der Waals surface area contributed by atoms with Crippen LogP contribution in [0.25, 0.3) is 6.08 Å². The number of hydrogen-bond donors (Lipinski definition) is 1. The average molecular weight is 529 g/mol. The summed E-state index contributed by atoms with van der Waals surface area (Å²) in [6, 6.07) is 12.5. The Hall–Kier alpha value is -3.81. The van der Waals surface area contributed by atoms with Gasteiger partial charge in [-0.05, 0) is 49.2 Å². The monoisotopic (exact) mass is 528 g/mol. The summed E-state index contributed by atoms with van der Waals surface area (Å²) in [4.78, 5) is 12.6. The van der Waals surface area contributed by atoms with Crippen molar-refractivity contribution in [1.82, 2.24) is 10.2 Å². The van der Waals surface area contributed by atoms with Crippen LogP contribution in [0.15, 0.2) is 42.0 Å². The fourth-order valence-corrected chi connectivity index (χ4v) is 3.98. The molecule has 0 spiro atoms. The van der Waals surface area contributed by atoms with Gasteiger partial charge in [0.15, 0.2) is 23.0 Å². The third-order valence-corrected chi connectivity index (χ3v) is 5.92. The second-order valence-corrected chi connectivity index (χ2v) is 8.56. The van der Waals surface area contributed by atoms with Gasteiger partial charge in [0, 0.05) is 0 Å². The maximum absolute atomic E-state index is 12.6. The molecule has 1 aromatic heterocycles. The molecule has 11 heteroatoms. The minimum Gasteiger partial charge on any atom is -0.493 e. The summed E-state index contributed by atoms with van der Waals surface area (Å²) in [5.74, 6) is 1.34. The van der Waals surface area contributed by atoms with Crippen LogP contribution in [0.5, 0.6) is 23.0 Å². The quantitative estimate of drug-likeness (QED) is 0.194. The van der Waals surface area contributed by atoms with Crippen LogP contribution in [0, 0.1) is 11.3 Å². The SMILES string of the molecule is CCOc1cc(/C=C(/C#N)C(=O)Nc2nnc(CC)s2)cc(Cl)c1OCCOc1ccccc1OC. The minimum atomic E-state index is -0.598. The Morgan fingerprint density at radius 1 is 1.11 bits per heavy atom. The number of rotatable bonds is 12. The van der Waals surface area contributed by atoms with Crippen LogP contribution in [-0.4, -0.2) is 43.0 Å². The molecule has 188 valence electrons. The molecule has 0 unspecified atom stereocenters. The highest BCUT2D eigenvalue weighted by atomic mass is 35.5. The van der Waals surface area contributed by atoms with Gasteiger partial charge in [0.1, 0.15) is 29.9 Å². The average Bonchev–Trinajstić information content (AvgIpc) is 3.34. The molecule has 0 aliphatic rings. The first-order valence-corrected chi connectivity index (χ1v) is 12.3. The molecule has 0 saturated heterocycles. The number of carbonyl (C=O) groups excluding carboxylic acids is 1. The van der Waals surface area contributed by atoms with E-state index in [-0.39, 0.29) is 23.8 Å². The van der Waals surface area contributed by atoms with Gasteiger partial charge in [0.25, 0.3) is 5.91 Å². The molecule has 0 bridgehead atoms. The number of benzene rings is 2. The molecule has 0 radical (unpaired) electrons. The van der Waals surface area contributed by atoms with Crippen LogP contribution in [0.2, 0.25) is 5.02 Å². The predicted octanol–water partition coefficient (Wildman–Crippen LogP) is 5.16. The molecule has 0 aliphatic heterocycles. The summed E-state index contributed by atoms with van der Waals surface area (Å²) in [5.41, 5.74) is 0.375. The number of ether oxygens (including phenoxy) is 4. The molecule has 0 aliphatic carbocycles. The van der Waals surface area contributed by atoms with Crippen LogP contribution in [0.4, 0.5) is 5.13 Å². The minimum absolute atomic E-state index is 0.124. The van der Waals surface area contributed by atoms with Crippen molar-refractivity contribution >= 4 is 40.1 Å². The van der Waals surface area contributed by atoms with Crippen LogP contribution in [-0.2, 0) is 11.2 Å². The van der Waals surface area contributed by atoms with Crippen molar-refractivity contribution in [2.45, 2.75) is 20.3 Å². The number of para-hydroxylation sites is 2. The van der Waals surface area contributed by atoms with E-state index in [1.807, 2.05) is 32.0 Å². The molecule has 0 atom stereocenters. The Bertz CT molecular complexity index is 1270. The smallest absolute Gasteiger partial charge is 0.268 e. The summed E-state index contributed by atoms with van der Waals surface area (Å²) in [6.45, 7) is 4.56. The molecule has 0 saturated carbocycles. The molecule has 9 nitrogen and oxygen atoms in total. The largest absolute Gasteiger partial charge is 0.493 e. The first-order valence-electron chi connectivity index (χ1n) is 11.1. The Balaban J connectivity index is 1.72. The number of nitrogens with one attached hydrogen (secondary N) is 1. The first kappa shape index (κ1) is 26.8. The maximum atomic E-state index is 12.6. The van der Waals surface area contributed by atoms with E-state index in [4.69, 9.17) is 30.5 Å². The fourth-order valence-electron chi connectivity index (χ4n) is 3.03. The van der Waals surface area contributed by atoms with E-state index in [2.05, 4.69) is 15.5 Å². The fraction of sp³-hybridized carbons (Fsp3) is 0.280. The summed E-state index contributed by atoms with van der Waals surface area (Å²) >= 11 is 7.73. The number of anilines is 1. The molecular weight excluding hydrogens is 504 g/mol. The number of amides is 1. The number of aromatic nitrogens is 2. The molecule has 3 aromatic rings. The zero-order valence-corrected chi connectivity index (χ0v) is 21.6. The highest BCUT2D eigenvalue weighted by molar-refractivity contribution is 7.15. The van der Waals surface area contributed by atoms with Crippen LogP contribution >= 0.6 is 22.9 Å². The lowest BCUT2D eigenvalue weighted by Crippen LogP contribution is -2.13. The molecular formula is C25H25ClN4O5S. The van der Waals surface area contributed by atoms with Crippen LogP contribution in [0.3, 0.4) is 0 Å². The Labute approximate surface area is 218 Å². The van der Waals surface area contributed by atoms with Gasteiger partial charge in [-0.3, -0.25) is 10.1 Å². The third-order valence-electron chi connectivity index (χ3n) is 4.65. The summed E-state index contributed by atoms with van der Waals surface area (Å²) in [7, 11) is 1.57. The van der Waals surface area contributed by atoms with E-state index in [1.54, 1.807) is 31.4 Å². The summed E-state index contributed by atoms with van der Waals surface area (Å²) in [6.07, 6.45) is 2.12. The van der Waals surface area contributed by atoms with E-state index in [9.17, 15) is 10.1 Å². The van der Waals surface area contributed by atoms with Crippen molar-refractivity contribution < 1.29 is 23.7 Å². The number of aryl methyl sites for hydroxylation is 1. The highest BCUT2D eigenvalue weighted by Gasteiger charge is 2.16. The van der Waals surface area contributed by atoms with Gasteiger partial charge in [-0.1, -0.05) is 42.0 Å². The maximum Gasteiger partial charge on any atom is 0.268 e. The van der Waals surface area contributed by atoms with Gasteiger partial charge in [-0.2, -0.15) is 5.26 Å². The number of halogens is 1. The Morgan fingerprint density at radius 3 is 2.53 bits per heavy atom. The van der Waals surface area contributed by atoms with Crippen molar-refractivity contribution in [3.05, 3.63) is 57.6 Å². The van der Waals surface area contributed by atoms with Gasteiger partial charge in [0.2, 0.25) is 5.13 Å². The van der Waals surface area contributed by atoms with Gasteiger partial charge in [-0.25, -0.2) is 0 Å². The molecule has 0 fully saturated rings. The van der Waals surface area contributed by atoms with E-state index in [0.29, 0.717) is 46.7 Å². The van der Waals surface area contributed by atoms with Crippen molar-refractivity contribution in [3.63, 3.8) is 0 Å². The zero-order chi connectivity index (χ0) is 25.9. The Morgan fingerprint density at radius 2 is 1.86 bits per heavy atom. The molecule has 1 amide bonds. The molecule has 2 aromatic carbocycles. The second-order valence-electron chi connectivity index (χ2n) is 7.09. The van der Waals surface area contributed by atoms with E-state index >= 15 is 0 Å². The lowest BCUT2D eigenvalue weighted by atomic mass is 10.1. The predicted molar refractivity (Wildman–Crippen MR) is 138 cm³/mol. The second kappa shape index (κ2) is 13.3. The van der Waals surface area contributed by atoms with E-state index < -0.39 is 5.91 Å². The molecule has 3 rings (SSSR count). The zero-order valence-electron chi connectivity index (χ0n) is 20.0. The highest BCUT2D eigenvalue weighted by Crippen LogP contribution is 2.37. The topological polar surface area (TPSA) is 116 Å². The lowest BCUT2D eigenvalue weighted by molar-refractivity contribution is -0.112. The van der Waals surface area contributed by atoms with E-state index in [1.165, 1.54) is 17.4 Å². The number of carbonyl (C=O) groups is 1. The Kier molecular flexibility index (Phi) is 9.92.